The molecule has 0 saturated heterocycles. The summed E-state index contributed by atoms with van der Waals surface area (Å²) >= 11 is 9.70. The number of aromatic nitrogens is 1. The van der Waals surface area contributed by atoms with Crippen LogP contribution in [0.15, 0.2) is 18.3 Å². The molecule has 0 spiro atoms. The van der Waals surface area contributed by atoms with Gasteiger partial charge in [-0.1, -0.05) is 23.8 Å². The van der Waals surface area contributed by atoms with Crippen molar-refractivity contribution in [1.82, 2.24) is 4.98 Å². The number of thiol groups is 1. The van der Waals surface area contributed by atoms with Crippen molar-refractivity contribution >= 4 is 30.3 Å². The van der Waals surface area contributed by atoms with Crippen LogP contribution in [-0.2, 0) is 0 Å². The second kappa shape index (κ2) is 4.48. The van der Waals surface area contributed by atoms with Crippen molar-refractivity contribution in [3.8, 4) is 0 Å². The quantitative estimate of drug-likeness (QED) is 0.576. The van der Waals surface area contributed by atoms with Crippen LogP contribution in [0.2, 0.25) is 5.02 Å². The Morgan fingerprint density at radius 3 is 3.08 bits per heavy atom. The highest BCUT2D eigenvalue weighted by molar-refractivity contribution is 7.80. The van der Waals surface area contributed by atoms with Gasteiger partial charge in [-0.05, 0) is 5.56 Å². The standard InChI is InChI=1S/C8H7ClFNS/c9-7-5-11-8(10)4-6(7)2-1-3-12/h1-2,4-5,12H,3H2. The SMILES string of the molecule is Fc1cc(C=CCS)c(Cl)cn1. The van der Waals surface area contributed by atoms with Crippen LogP contribution >= 0.6 is 24.2 Å². The van der Waals surface area contributed by atoms with E-state index >= 15 is 0 Å². The fraction of sp³-hybridized carbons (Fsp3) is 0.125. The van der Waals surface area contributed by atoms with E-state index in [1.165, 1.54) is 12.3 Å². The lowest BCUT2D eigenvalue weighted by atomic mass is 10.2. The maximum Gasteiger partial charge on any atom is 0.213 e. The number of rotatable bonds is 2. The smallest absolute Gasteiger partial charge is 0.213 e. The molecule has 1 rings (SSSR count). The summed E-state index contributed by atoms with van der Waals surface area (Å²) in [7, 11) is 0. The summed E-state index contributed by atoms with van der Waals surface area (Å²) in [4.78, 5) is 3.40. The van der Waals surface area contributed by atoms with E-state index in [1.54, 1.807) is 12.2 Å². The van der Waals surface area contributed by atoms with Gasteiger partial charge in [0.05, 0.1) is 5.02 Å². The molecule has 0 aliphatic rings. The first-order chi connectivity index (χ1) is 5.74. The molecule has 0 fully saturated rings. The van der Waals surface area contributed by atoms with Crippen molar-refractivity contribution in [3.05, 3.63) is 34.9 Å². The third kappa shape index (κ3) is 2.50. The Hall–Kier alpha value is -0.540. The van der Waals surface area contributed by atoms with Crippen molar-refractivity contribution in [1.29, 1.82) is 0 Å². The monoisotopic (exact) mass is 203 g/mol. The minimum atomic E-state index is -0.529. The molecule has 0 bridgehead atoms. The molecule has 0 N–H and O–H groups in total. The summed E-state index contributed by atoms with van der Waals surface area (Å²) in [6.07, 6.45) is 4.78. The van der Waals surface area contributed by atoms with Gasteiger partial charge < -0.3 is 0 Å². The molecule has 0 amide bonds. The van der Waals surface area contributed by atoms with Crippen molar-refractivity contribution < 1.29 is 4.39 Å². The molecule has 0 saturated carbocycles. The summed E-state index contributed by atoms with van der Waals surface area (Å²) < 4.78 is 12.6. The molecule has 1 aromatic heterocycles. The van der Waals surface area contributed by atoms with Crippen LogP contribution in [0.1, 0.15) is 5.56 Å². The second-order valence-corrected chi connectivity index (χ2v) is 2.89. The maximum atomic E-state index is 12.6. The predicted molar refractivity (Wildman–Crippen MR) is 52.1 cm³/mol. The minimum Gasteiger partial charge on any atom is -0.227 e. The molecule has 0 aromatic carbocycles. The Labute approximate surface area is 80.7 Å². The van der Waals surface area contributed by atoms with Gasteiger partial charge in [0, 0.05) is 18.0 Å². The Bertz CT molecular complexity index is 301. The summed E-state index contributed by atoms with van der Waals surface area (Å²) in [6, 6.07) is 1.28. The van der Waals surface area contributed by atoms with E-state index in [0.717, 1.165) is 0 Å². The third-order valence-electron chi connectivity index (χ3n) is 1.25. The van der Waals surface area contributed by atoms with Crippen molar-refractivity contribution in [2.45, 2.75) is 0 Å². The van der Waals surface area contributed by atoms with E-state index in [-0.39, 0.29) is 0 Å². The van der Waals surface area contributed by atoms with Gasteiger partial charge in [0.2, 0.25) is 5.95 Å². The normalized spacial score (nSPS) is 10.9. The zero-order valence-electron chi connectivity index (χ0n) is 6.17. The number of pyridine rings is 1. The molecule has 1 heterocycles. The molecular weight excluding hydrogens is 197 g/mol. The van der Waals surface area contributed by atoms with Gasteiger partial charge in [0.25, 0.3) is 0 Å². The predicted octanol–water partition coefficient (Wildman–Crippen LogP) is 2.82. The Morgan fingerprint density at radius 2 is 2.42 bits per heavy atom. The lowest BCUT2D eigenvalue weighted by Crippen LogP contribution is -1.84. The minimum absolute atomic E-state index is 0.439. The van der Waals surface area contributed by atoms with E-state index in [1.807, 2.05) is 0 Å². The van der Waals surface area contributed by atoms with E-state index in [2.05, 4.69) is 17.6 Å². The second-order valence-electron chi connectivity index (χ2n) is 2.11. The zero-order valence-corrected chi connectivity index (χ0v) is 7.82. The molecule has 1 nitrogen and oxygen atoms in total. The molecule has 0 unspecified atom stereocenters. The van der Waals surface area contributed by atoms with E-state index in [4.69, 9.17) is 11.6 Å². The molecule has 12 heavy (non-hydrogen) atoms. The number of hydrogen-bond donors (Lipinski definition) is 1. The van der Waals surface area contributed by atoms with Crippen LogP contribution in [0.5, 0.6) is 0 Å². The van der Waals surface area contributed by atoms with Gasteiger partial charge in [0.1, 0.15) is 0 Å². The molecule has 0 radical (unpaired) electrons. The molecule has 0 aliphatic heterocycles. The molecule has 1 aromatic rings. The Kier molecular flexibility index (Phi) is 3.56. The van der Waals surface area contributed by atoms with Crippen LogP contribution < -0.4 is 0 Å². The fourth-order valence-corrected chi connectivity index (χ4v) is 1.01. The summed E-state index contributed by atoms with van der Waals surface area (Å²) in [5.41, 5.74) is 0.623. The molecular formula is C8H7ClFNS. The lowest BCUT2D eigenvalue weighted by molar-refractivity contribution is 0.583. The third-order valence-corrected chi connectivity index (χ3v) is 1.78. The average Bonchev–Trinajstić information content (AvgIpc) is 2.07. The molecule has 0 atom stereocenters. The van der Waals surface area contributed by atoms with Gasteiger partial charge in [-0.2, -0.15) is 17.0 Å². The summed E-state index contributed by atoms with van der Waals surface area (Å²) in [5, 5.41) is 0.439. The fourth-order valence-electron chi connectivity index (χ4n) is 0.735. The van der Waals surface area contributed by atoms with Crippen LogP contribution in [-0.4, -0.2) is 10.7 Å². The van der Waals surface area contributed by atoms with Gasteiger partial charge in [0.15, 0.2) is 0 Å². The average molecular weight is 204 g/mol. The van der Waals surface area contributed by atoms with Crippen LogP contribution in [0, 0.1) is 5.95 Å². The van der Waals surface area contributed by atoms with Crippen molar-refractivity contribution in [2.24, 2.45) is 0 Å². The highest BCUT2D eigenvalue weighted by Crippen LogP contribution is 2.16. The zero-order chi connectivity index (χ0) is 8.97. The first-order valence-electron chi connectivity index (χ1n) is 3.32. The van der Waals surface area contributed by atoms with Gasteiger partial charge in [-0.3, -0.25) is 0 Å². The van der Waals surface area contributed by atoms with Crippen molar-refractivity contribution in [2.75, 3.05) is 5.75 Å². The maximum absolute atomic E-state index is 12.6. The van der Waals surface area contributed by atoms with E-state index in [0.29, 0.717) is 16.3 Å². The topological polar surface area (TPSA) is 12.9 Å². The van der Waals surface area contributed by atoms with Gasteiger partial charge >= 0.3 is 0 Å². The van der Waals surface area contributed by atoms with Crippen LogP contribution in [0.4, 0.5) is 4.39 Å². The molecule has 4 heteroatoms. The number of hydrogen-bond acceptors (Lipinski definition) is 2. The van der Waals surface area contributed by atoms with E-state index in [9.17, 15) is 4.39 Å². The lowest BCUT2D eigenvalue weighted by Gasteiger charge is -1.95. The first-order valence-corrected chi connectivity index (χ1v) is 4.33. The Morgan fingerprint density at radius 1 is 1.67 bits per heavy atom. The van der Waals surface area contributed by atoms with Crippen LogP contribution in [0.3, 0.4) is 0 Å². The summed E-state index contributed by atoms with van der Waals surface area (Å²) in [6.45, 7) is 0. The van der Waals surface area contributed by atoms with E-state index < -0.39 is 5.95 Å². The highest BCUT2D eigenvalue weighted by atomic mass is 35.5. The molecule has 0 aliphatic carbocycles. The largest absolute Gasteiger partial charge is 0.227 e. The van der Waals surface area contributed by atoms with Gasteiger partial charge in [-0.25, -0.2) is 4.98 Å². The highest BCUT2D eigenvalue weighted by Gasteiger charge is 1.98. The number of nitrogens with zero attached hydrogens (tertiary/aromatic N) is 1. The summed E-state index contributed by atoms with van der Waals surface area (Å²) in [5.74, 6) is 0.0681. The number of halogens is 2. The van der Waals surface area contributed by atoms with Crippen molar-refractivity contribution in [3.63, 3.8) is 0 Å². The van der Waals surface area contributed by atoms with Gasteiger partial charge in [-0.15, -0.1) is 0 Å². The molecule has 64 valence electrons. The van der Waals surface area contributed by atoms with Crippen LogP contribution in [0.25, 0.3) is 6.08 Å². The first kappa shape index (κ1) is 9.55. The Balaban J connectivity index is 2.97.